The number of pyridine rings is 1. The lowest BCUT2D eigenvalue weighted by molar-refractivity contribution is -0.126. The van der Waals surface area contributed by atoms with Crippen molar-refractivity contribution in [1.82, 2.24) is 9.88 Å². The average Bonchev–Trinajstić information content (AvgIpc) is 2.98. The van der Waals surface area contributed by atoms with Crippen LogP contribution in [0.15, 0.2) is 47.5 Å². The number of Topliss-reactive ketones (excluding diaryl/α,β-unsaturated/α-hetero) is 1. The summed E-state index contributed by atoms with van der Waals surface area (Å²) in [5.41, 5.74) is 1.35. The Morgan fingerprint density at radius 2 is 2.18 bits per heavy atom. The van der Waals surface area contributed by atoms with Crippen LogP contribution in [0, 0.1) is 5.41 Å². The Bertz CT molecular complexity index is 674. The highest BCUT2D eigenvalue weighted by Crippen LogP contribution is 2.30. The molecule has 3 nitrogen and oxygen atoms in total. The molecule has 0 spiro atoms. The molecule has 1 aliphatic heterocycles. The fourth-order valence-corrected chi connectivity index (χ4v) is 3.67. The molecule has 114 valence electrons. The van der Waals surface area contributed by atoms with Gasteiger partial charge in [-0.1, -0.05) is 26.0 Å². The van der Waals surface area contributed by atoms with Crippen molar-refractivity contribution in [1.29, 1.82) is 0 Å². The highest BCUT2D eigenvalue weighted by atomic mass is 32.1. The molecule has 1 aliphatic rings. The predicted octanol–water partition coefficient (Wildman–Crippen LogP) is 3.64. The lowest BCUT2D eigenvalue weighted by Gasteiger charge is -2.38. The number of ketones is 1. The Balaban J connectivity index is 1.85. The molecular weight excluding hydrogens is 292 g/mol. The number of aromatic nitrogens is 1. The molecule has 1 fully saturated rings. The summed E-state index contributed by atoms with van der Waals surface area (Å²) in [6, 6.07) is 9.99. The van der Waals surface area contributed by atoms with Crippen molar-refractivity contribution in [2.75, 3.05) is 13.1 Å². The summed E-state index contributed by atoms with van der Waals surface area (Å²) in [5, 5.41) is 2.10. The summed E-state index contributed by atoms with van der Waals surface area (Å²) in [6.45, 7) is 6.44. The van der Waals surface area contributed by atoms with Crippen molar-refractivity contribution in [3.8, 4) is 0 Å². The highest BCUT2D eigenvalue weighted by Gasteiger charge is 2.37. The van der Waals surface area contributed by atoms with Gasteiger partial charge in [0.2, 0.25) is 0 Å². The maximum Gasteiger partial charge on any atom is 0.167 e. The van der Waals surface area contributed by atoms with Crippen molar-refractivity contribution < 1.29 is 4.79 Å². The number of thiophene rings is 1. The van der Waals surface area contributed by atoms with Crippen molar-refractivity contribution in [3.05, 3.63) is 58.1 Å². The predicted molar refractivity (Wildman–Crippen MR) is 90.6 cm³/mol. The second-order valence-corrected chi connectivity index (χ2v) is 7.39. The Kier molecular flexibility index (Phi) is 4.23. The monoisotopic (exact) mass is 312 g/mol. The molecule has 2 aromatic rings. The largest absolute Gasteiger partial charge is 0.294 e. The van der Waals surface area contributed by atoms with Gasteiger partial charge < -0.3 is 0 Å². The van der Waals surface area contributed by atoms with Crippen LogP contribution >= 0.6 is 11.3 Å². The molecule has 0 amide bonds. The minimum absolute atomic E-state index is 0.237. The summed E-state index contributed by atoms with van der Waals surface area (Å²) in [6.07, 6.45) is 3.69. The number of rotatable bonds is 3. The van der Waals surface area contributed by atoms with E-state index < -0.39 is 0 Å². The molecule has 0 bridgehead atoms. The molecule has 0 saturated carbocycles. The fourth-order valence-electron chi connectivity index (χ4n) is 2.92. The first-order chi connectivity index (χ1) is 10.5. The molecule has 0 aliphatic carbocycles. The van der Waals surface area contributed by atoms with E-state index in [1.54, 1.807) is 17.5 Å². The maximum atomic E-state index is 12.7. The van der Waals surface area contributed by atoms with Gasteiger partial charge in [-0.3, -0.25) is 14.7 Å². The number of carbonyl (C=O) groups excluding carboxylic acids is 1. The second kappa shape index (κ2) is 6.15. The van der Waals surface area contributed by atoms with Gasteiger partial charge in [0.1, 0.15) is 0 Å². The van der Waals surface area contributed by atoms with E-state index in [1.807, 2.05) is 38.1 Å². The SMILES string of the molecule is CC1(C)CN(Cc2cccs2)C/C(=C/c2ccccn2)C1=O. The van der Waals surface area contributed by atoms with Gasteiger partial charge >= 0.3 is 0 Å². The molecule has 1 saturated heterocycles. The standard InChI is InChI=1S/C18H20N2OS/c1-18(2)13-20(12-16-7-5-9-22-16)11-14(17(18)21)10-15-6-3-4-8-19-15/h3-10H,11-13H2,1-2H3/b14-10-. The van der Waals surface area contributed by atoms with Gasteiger partial charge in [-0.05, 0) is 29.7 Å². The summed E-state index contributed by atoms with van der Waals surface area (Å²) >= 11 is 1.76. The molecule has 0 aromatic carbocycles. The fraction of sp³-hybridized carbons (Fsp3) is 0.333. The van der Waals surface area contributed by atoms with E-state index in [4.69, 9.17) is 0 Å². The van der Waals surface area contributed by atoms with Crippen LogP contribution < -0.4 is 0 Å². The van der Waals surface area contributed by atoms with Gasteiger partial charge in [-0.25, -0.2) is 0 Å². The first kappa shape index (κ1) is 15.1. The molecule has 22 heavy (non-hydrogen) atoms. The summed E-state index contributed by atoms with van der Waals surface area (Å²) in [7, 11) is 0. The molecule has 0 N–H and O–H groups in total. The Hall–Kier alpha value is -1.78. The van der Waals surface area contributed by atoms with Crippen LogP contribution in [-0.4, -0.2) is 28.8 Å². The van der Waals surface area contributed by atoms with E-state index in [9.17, 15) is 4.79 Å². The first-order valence-electron chi connectivity index (χ1n) is 7.46. The third-order valence-corrected chi connectivity index (χ3v) is 4.75. The molecule has 0 atom stereocenters. The van der Waals surface area contributed by atoms with E-state index in [0.717, 1.165) is 24.4 Å². The zero-order valence-corrected chi connectivity index (χ0v) is 13.8. The lowest BCUT2D eigenvalue weighted by Crippen LogP contribution is -2.47. The van der Waals surface area contributed by atoms with E-state index in [1.165, 1.54) is 4.88 Å². The van der Waals surface area contributed by atoms with Gasteiger partial charge in [0.05, 0.1) is 5.69 Å². The Labute approximate surface area is 135 Å². The van der Waals surface area contributed by atoms with Crippen LogP contribution in [0.25, 0.3) is 6.08 Å². The van der Waals surface area contributed by atoms with Crippen LogP contribution in [0.1, 0.15) is 24.4 Å². The second-order valence-electron chi connectivity index (χ2n) is 6.36. The lowest BCUT2D eigenvalue weighted by atomic mass is 9.79. The maximum absolute atomic E-state index is 12.7. The van der Waals surface area contributed by atoms with Crippen molar-refractivity contribution in [2.24, 2.45) is 5.41 Å². The quantitative estimate of drug-likeness (QED) is 0.811. The number of carbonyl (C=O) groups is 1. The van der Waals surface area contributed by atoms with E-state index in [-0.39, 0.29) is 11.2 Å². The van der Waals surface area contributed by atoms with Gasteiger partial charge in [0.15, 0.2) is 5.78 Å². The summed E-state index contributed by atoms with van der Waals surface area (Å²) in [4.78, 5) is 20.7. The van der Waals surface area contributed by atoms with Crippen LogP contribution in [0.5, 0.6) is 0 Å². The van der Waals surface area contributed by atoms with E-state index in [2.05, 4.69) is 27.4 Å². The first-order valence-corrected chi connectivity index (χ1v) is 8.34. The number of hydrogen-bond donors (Lipinski definition) is 0. The molecular formula is C18H20N2OS. The minimum atomic E-state index is -0.351. The third-order valence-electron chi connectivity index (χ3n) is 3.89. The molecule has 2 aromatic heterocycles. The third kappa shape index (κ3) is 3.34. The zero-order chi connectivity index (χ0) is 15.6. The Morgan fingerprint density at radius 1 is 1.32 bits per heavy atom. The zero-order valence-electron chi connectivity index (χ0n) is 13.0. The smallest absolute Gasteiger partial charge is 0.167 e. The topological polar surface area (TPSA) is 33.2 Å². The average molecular weight is 312 g/mol. The highest BCUT2D eigenvalue weighted by molar-refractivity contribution is 7.09. The number of hydrogen-bond acceptors (Lipinski definition) is 4. The number of likely N-dealkylation sites (tertiary alicyclic amines) is 1. The van der Waals surface area contributed by atoms with Crippen molar-refractivity contribution in [2.45, 2.75) is 20.4 Å². The van der Waals surface area contributed by atoms with Crippen LogP contribution in [0.4, 0.5) is 0 Å². The summed E-state index contributed by atoms with van der Waals surface area (Å²) < 4.78 is 0. The number of nitrogens with zero attached hydrogens (tertiary/aromatic N) is 2. The minimum Gasteiger partial charge on any atom is -0.294 e. The van der Waals surface area contributed by atoms with Crippen molar-refractivity contribution >= 4 is 23.2 Å². The molecule has 0 unspecified atom stereocenters. The molecule has 3 rings (SSSR count). The van der Waals surface area contributed by atoms with Crippen LogP contribution in [0.2, 0.25) is 0 Å². The number of piperidine rings is 1. The molecule has 3 heterocycles. The molecule has 4 heteroatoms. The van der Waals surface area contributed by atoms with Gasteiger partial charge in [0.25, 0.3) is 0 Å². The van der Waals surface area contributed by atoms with Crippen LogP contribution in [0.3, 0.4) is 0 Å². The van der Waals surface area contributed by atoms with Gasteiger partial charge in [0, 0.05) is 41.7 Å². The Morgan fingerprint density at radius 3 is 2.86 bits per heavy atom. The summed E-state index contributed by atoms with van der Waals surface area (Å²) in [5.74, 6) is 0.237. The van der Waals surface area contributed by atoms with Crippen LogP contribution in [-0.2, 0) is 11.3 Å². The van der Waals surface area contributed by atoms with E-state index in [0.29, 0.717) is 6.54 Å². The van der Waals surface area contributed by atoms with E-state index >= 15 is 0 Å². The van der Waals surface area contributed by atoms with Gasteiger partial charge in [-0.2, -0.15) is 0 Å². The van der Waals surface area contributed by atoms with Gasteiger partial charge in [-0.15, -0.1) is 11.3 Å². The normalized spacial score (nSPS) is 20.5. The van der Waals surface area contributed by atoms with Crippen molar-refractivity contribution in [3.63, 3.8) is 0 Å². The molecule has 0 radical (unpaired) electrons.